The van der Waals surface area contributed by atoms with E-state index < -0.39 is 18.3 Å². The topological polar surface area (TPSA) is 50.4 Å². The third-order valence-electron chi connectivity index (χ3n) is 3.32. The summed E-state index contributed by atoms with van der Waals surface area (Å²) in [4.78, 5) is 12.1. The first kappa shape index (κ1) is 16.3. The van der Waals surface area contributed by atoms with Crippen LogP contribution in [-0.4, -0.2) is 37.3 Å². The van der Waals surface area contributed by atoms with E-state index in [2.05, 4.69) is 10.6 Å². The van der Waals surface area contributed by atoms with E-state index in [1.54, 1.807) is 25.1 Å². The Hall–Kier alpha value is -1.04. The second kappa shape index (κ2) is 7.29. The van der Waals surface area contributed by atoms with Crippen molar-refractivity contribution in [1.82, 2.24) is 10.6 Å². The van der Waals surface area contributed by atoms with Crippen molar-refractivity contribution in [2.45, 2.75) is 31.7 Å². The molecule has 1 aromatic rings. The van der Waals surface area contributed by atoms with E-state index in [0.717, 1.165) is 0 Å². The van der Waals surface area contributed by atoms with E-state index in [1.807, 2.05) is 0 Å². The van der Waals surface area contributed by atoms with Crippen molar-refractivity contribution in [1.29, 1.82) is 0 Å². The number of ether oxygens (including phenoxy) is 1. The number of amides is 1. The van der Waals surface area contributed by atoms with Gasteiger partial charge in [-0.25, -0.2) is 4.39 Å². The first-order valence-electron chi connectivity index (χ1n) is 6.75. The number of alkyl halides is 1. The number of halogens is 3. The Bertz CT molecular complexity index is 516. The monoisotopic (exact) mass is 334 g/mol. The maximum atomic E-state index is 13.7. The van der Waals surface area contributed by atoms with Crippen LogP contribution < -0.4 is 15.4 Å². The van der Waals surface area contributed by atoms with Gasteiger partial charge in [-0.15, -0.1) is 0 Å². The van der Waals surface area contributed by atoms with Gasteiger partial charge < -0.3 is 15.4 Å². The number of hydrogen-bond acceptors (Lipinski definition) is 3. The predicted molar refractivity (Wildman–Crippen MR) is 80.9 cm³/mol. The molecular formula is C14H17Cl2FN2O2. The maximum absolute atomic E-state index is 13.7. The standard InChI is InChI=1S/C14H17Cl2FN2O2/c1-8(21-12-4-2-3-9(15)13(12)16)14(20)19-11-5-6-18-7-10(11)17/h2-4,8,10-11,18H,5-7H2,1H3,(H,19,20)/t8?,10-,11-/m0/s1. The van der Waals surface area contributed by atoms with Crippen molar-refractivity contribution < 1.29 is 13.9 Å². The van der Waals surface area contributed by atoms with Gasteiger partial charge in [0.25, 0.3) is 5.91 Å². The summed E-state index contributed by atoms with van der Waals surface area (Å²) in [7, 11) is 0. The van der Waals surface area contributed by atoms with Crippen LogP contribution in [0.3, 0.4) is 0 Å². The summed E-state index contributed by atoms with van der Waals surface area (Å²) in [6.45, 7) is 2.52. The molecule has 0 bridgehead atoms. The molecule has 1 aromatic carbocycles. The molecule has 1 saturated heterocycles. The second-order valence-corrected chi connectivity index (χ2v) is 5.72. The van der Waals surface area contributed by atoms with Crippen molar-refractivity contribution in [2.75, 3.05) is 13.1 Å². The molecule has 1 heterocycles. The second-order valence-electron chi connectivity index (χ2n) is 4.94. The number of benzene rings is 1. The van der Waals surface area contributed by atoms with Crippen LogP contribution in [0.15, 0.2) is 18.2 Å². The lowest BCUT2D eigenvalue weighted by atomic mass is 10.0. The molecule has 0 aliphatic carbocycles. The molecule has 0 saturated carbocycles. The van der Waals surface area contributed by atoms with E-state index in [1.165, 1.54) is 0 Å². The number of carbonyl (C=O) groups is 1. The van der Waals surface area contributed by atoms with Gasteiger partial charge in [0.2, 0.25) is 0 Å². The summed E-state index contributed by atoms with van der Waals surface area (Å²) in [5, 5.41) is 6.20. The quantitative estimate of drug-likeness (QED) is 0.889. The summed E-state index contributed by atoms with van der Waals surface area (Å²) >= 11 is 11.9. The lowest BCUT2D eigenvalue weighted by Gasteiger charge is -2.28. The Kier molecular flexibility index (Phi) is 5.67. The van der Waals surface area contributed by atoms with Gasteiger partial charge in [0.05, 0.1) is 11.1 Å². The molecule has 1 unspecified atom stereocenters. The van der Waals surface area contributed by atoms with Crippen molar-refractivity contribution in [2.24, 2.45) is 0 Å². The van der Waals surface area contributed by atoms with Crippen LogP contribution in [0.5, 0.6) is 5.75 Å². The fraction of sp³-hybridized carbons (Fsp3) is 0.500. The Balaban J connectivity index is 1.94. The third kappa shape index (κ3) is 4.22. The molecule has 21 heavy (non-hydrogen) atoms. The van der Waals surface area contributed by atoms with Gasteiger partial charge in [-0.05, 0) is 32.0 Å². The highest BCUT2D eigenvalue weighted by Gasteiger charge is 2.28. The van der Waals surface area contributed by atoms with Gasteiger partial charge in [-0.2, -0.15) is 0 Å². The van der Waals surface area contributed by atoms with E-state index in [4.69, 9.17) is 27.9 Å². The number of carbonyl (C=O) groups excluding carboxylic acids is 1. The Morgan fingerprint density at radius 1 is 1.52 bits per heavy atom. The minimum absolute atomic E-state index is 0.250. The first-order valence-corrected chi connectivity index (χ1v) is 7.50. The summed E-state index contributed by atoms with van der Waals surface area (Å²) < 4.78 is 19.2. The van der Waals surface area contributed by atoms with Crippen LogP contribution in [0.2, 0.25) is 10.0 Å². The van der Waals surface area contributed by atoms with Gasteiger partial charge in [0.15, 0.2) is 6.10 Å². The molecule has 4 nitrogen and oxygen atoms in total. The highest BCUT2D eigenvalue weighted by atomic mass is 35.5. The Morgan fingerprint density at radius 2 is 2.29 bits per heavy atom. The van der Waals surface area contributed by atoms with E-state index in [9.17, 15) is 9.18 Å². The summed E-state index contributed by atoms with van der Waals surface area (Å²) in [6, 6.07) is 4.45. The largest absolute Gasteiger partial charge is 0.479 e. The van der Waals surface area contributed by atoms with Gasteiger partial charge in [-0.3, -0.25) is 4.79 Å². The molecule has 0 aromatic heterocycles. The smallest absolute Gasteiger partial charge is 0.261 e. The zero-order chi connectivity index (χ0) is 15.4. The average Bonchev–Trinajstić information content (AvgIpc) is 2.46. The highest BCUT2D eigenvalue weighted by molar-refractivity contribution is 6.42. The molecule has 2 rings (SSSR count). The van der Waals surface area contributed by atoms with Gasteiger partial charge in [0.1, 0.15) is 16.9 Å². The zero-order valence-corrected chi connectivity index (χ0v) is 13.0. The molecule has 1 aliphatic heterocycles. The zero-order valence-electron chi connectivity index (χ0n) is 11.5. The van der Waals surface area contributed by atoms with Crippen molar-refractivity contribution in [3.63, 3.8) is 0 Å². The number of rotatable bonds is 4. The lowest BCUT2D eigenvalue weighted by molar-refractivity contribution is -0.128. The molecule has 0 spiro atoms. The minimum Gasteiger partial charge on any atom is -0.479 e. The minimum atomic E-state index is -1.09. The fourth-order valence-electron chi connectivity index (χ4n) is 2.10. The van der Waals surface area contributed by atoms with Crippen molar-refractivity contribution >= 4 is 29.1 Å². The van der Waals surface area contributed by atoms with Crippen LogP contribution in [-0.2, 0) is 4.79 Å². The number of piperidine rings is 1. The fourth-order valence-corrected chi connectivity index (χ4v) is 2.44. The van der Waals surface area contributed by atoms with Crippen LogP contribution in [0.1, 0.15) is 13.3 Å². The normalized spacial score (nSPS) is 23.4. The van der Waals surface area contributed by atoms with Gasteiger partial charge in [-0.1, -0.05) is 29.3 Å². The molecule has 0 radical (unpaired) electrons. The van der Waals surface area contributed by atoms with Crippen molar-refractivity contribution in [3.8, 4) is 5.75 Å². The SMILES string of the molecule is CC(Oc1cccc(Cl)c1Cl)C(=O)N[C@H]1CCNC[C@@H]1F. The van der Waals surface area contributed by atoms with E-state index in [-0.39, 0.29) is 17.5 Å². The number of hydrogen-bond donors (Lipinski definition) is 2. The van der Waals surface area contributed by atoms with Gasteiger partial charge in [0, 0.05) is 6.54 Å². The molecule has 1 amide bonds. The van der Waals surface area contributed by atoms with E-state index >= 15 is 0 Å². The Morgan fingerprint density at radius 3 is 3.00 bits per heavy atom. The van der Waals surface area contributed by atoms with Crippen molar-refractivity contribution in [3.05, 3.63) is 28.2 Å². The van der Waals surface area contributed by atoms with Crippen LogP contribution in [0, 0.1) is 0 Å². The molecule has 2 N–H and O–H groups in total. The summed E-state index contributed by atoms with van der Waals surface area (Å²) in [5.74, 6) is -0.0467. The number of nitrogens with one attached hydrogen (secondary N) is 2. The highest BCUT2D eigenvalue weighted by Crippen LogP contribution is 2.32. The molecule has 116 valence electrons. The first-order chi connectivity index (χ1) is 9.99. The molecule has 3 atom stereocenters. The Labute approximate surface area is 132 Å². The average molecular weight is 335 g/mol. The lowest BCUT2D eigenvalue weighted by Crippen LogP contribution is -2.53. The molecular weight excluding hydrogens is 318 g/mol. The molecule has 1 fully saturated rings. The van der Waals surface area contributed by atoms with Crippen LogP contribution in [0.4, 0.5) is 4.39 Å². The van der Waals surface area contributed by atoms with Crippen LogP contribution >= 0.6 is 23.2 Å². The summed E-state index contributed by atoms with van der Waals surface area (Å²) in [5.41, 5.74) is 0. The van der Waals surface area contributed by atoms with Gasteiger partial charge >= 0.3 is 0 Å². The molecule has 1 aliphatic rings. The third-order valence-corrected chi connectivity index (χ3v) is 4.13. The van der Waals surface area contributed by atoms with E-state index in [0.29, 0.717) is 23.7 Å². The maximum Gasteiger partial charge on any atom is 0.261 e. The predicted octanol–water partition coefficient (Wildman–Crippen LogP) is 2.58. The summed E-state index contributed by atoms with van der Waals surface area (Å²) in [6.07, 6.45) is -1.33. The molecule has 7 heteroatoms. The van der Waals surface area contributed by atoms with Crippen LogP contribution in [0.25, 0.3) is 0 Å².